The van der Waals surface area contributed by atoms with E-state index < -0.39 is 6.09 Å². The van der Waals surface area contributed by atoms with Crippen LogP contribution in [0.5, 0.6) is 0 Å². The van der Waals surface area contributed by atoms with Gasteiger partial charge in [0.05, 0.1) is 24.3 Å². The van der Waals surface area contributed by atoms with Gasteiger partial charge in [-0.3, -0.25) is 0 Å². The zero-order valence-corrected chi connectivity index (χ0v) is 13.3. The molecular formula is C17H20N4O2. The predicted molar refractivity (Wildman–Crippen MR) is 88.2 cm³/mol. The Balaban J connectivity index is 2.21. The fraction of sp³-hybridized carbons (Fsp3) is 0.353. The zero-order chi connectivity index (χ0) is 16.8. The molecule has 1 amide bonds. The molecule has 1 aliphatic rings. The number of allylic oxidation sites excluding steroid dienone is 1. The second kappa shape index (κ2) is 7.45. The van der Waals surface area contributed by atoms with Crippen molar-refractivity contribution in [2.45, 2.75) is 26.3 Å². The molecule has 0 aromatic heterocycles. The highest BCUT2D eigenvalue weighted by atomic mass is 16.5. The summed E-state index contributed by atoms with van der Waals surface area (Å²) in [5.74, 6) is 0. The molecule has 1 aromatic rings. The van der Waals surface area contributed by atoms with Crippen LogP contribution >= 0.6 is 0 Å². The highest BCUT2D eigenvalue weighted by Gasteiger charge is 2.24. The Labute approximate surface area is 135 Å². The molecule has 1 unspecified atom stereocenters. The Bertz CT molecular complexity index is 688. The van der Waals surface area contributed by atoms with Gasteiger partial charge >= 0.3 is 6.09 Å². The molecule has 120 valence electrons. The average Bonchev–Trinajstić information content (AvgIpc) is 2.97. The lowest BCUT2D eigenvalue weighted by Gasteiger charge is -2.11. The number of hydrogen-bond donors (Lipinski definition) is 3. The predicted octanol–water partition coefficient (Wildman–Crippen LogP) is 2.34. The second-order valence-electron chi connectivity index (χ2n) is 5.32. The SMILES string of the molecule is CCOC(=O)NC1CN/C(=C(\C=N)c2ccc(C#N)cc2C)C1. The Morgan fingerprint density at radius 2 is 2.39 bits per heavy atom. The summed E-state index contributed by atoms with van der Waals surface area (Å²) < 4.78 is 4.89. The molecule has 0 radical (unpaired) electrons. The first-order valence-electron chi connectivity index (χ1n) is 7.51. The van der Waals surface area contributed by atoms with Gasteiger partial charge in [-0.2, -0.15) is 5.26 Å². The fourth-order valence-corrected chi connectivity index (χ4v) is 2.65. The van der Waals surface area contributed by atoms with Crippen molar-refractivity contribution in [2.24, 2.45) is 0 Å². The van der Waals surface area contributed by atoms with Crippen LogP contribution < -0.4 is 10.6 Å². The molecule has 0 saturated carbocycles. The van der Waals surface area contributed by atoms with Crippen molar-refractivity contribution in [1.29, 1.82) is 10.7 Å². The summed E-state index contributed by atoms with van der Waals surface area (Å²) in [4.78, 5) is 11.5. The van der Waals surface area contributed by atoms with Crippen molar-refractivity contribution in [3.8, 4) is 6.07 Å². The van der Waals surface area contributed by atoms with E-state index in [1.165, 1.54) is 6.21 Å². The summed E-state index contributed by atoms with van der Waals surface area (Å²) >= 11 is 0. The van der Waals surface area contributed by atoms with Crippen LogP contribution in [-0.2, 0) is 4.74 Å². The lowest BCUT2D eigenvalue weighted by Crippen LogP contribution is -2.36. The van der Waals surface area contributed by atoms with Crippen LogP contribution in [0, 0.1) is 23.7 Å². The van der Waals surface area contributed by atoms with Crippen LogP contribution in [0.1, 0.15) is 30.0 Å². The average molecular weight is 312 g/mol. The number of hydrogen-bond acceptors (Lipinski definition) is 5. The maximum atomic E-state index is 11.5. The zero-order valence-electron chi connectivity index (χ0n) is 13.3. The largest absolute Gasteiger partial charge is 0.450 e. The van der Waals surface area contributed by atoms with Gasteiger partial charge in [0.2, 0.25) is 0 Å². The smallest absolute Gasteiger partial charge is 0.407 e. The molecule has 6 heteroatoms. The van der Waals surface area contributed by atoms with Gasteiger partial charge in [-0.1, -0.05) is 6.07 Å². The van der Waals surface area contributed by atoms with E-state index in [4.69, 9.17) is 15.4 Å². The molecule has 1 atom stereocenters. The number of carbonyl (C=O) groups is 1. The van der Waals surface area contributed by atoms with Crippen molar-refractivity contribution < 1.29 is 9.53 Å². The van der Waals surface area contributed by atoms with Crippen molar-refractivity contribution >= 4 is 17.9 Å². The molecular weight excluding hydrogens is 292 g/mol. The van der Waals surface area contributed by atoms with Crippen LogP contribution in [0.3, 0.4) is 0 Å². The van der Waals surface area contributed by atoms with Gasteiger partial charge in [0.1, 0.15) is 0 Å². The number of benzene rings is 1. The molecule has 0 bridgehead atoms. The minimum atomic E-state index is -0.425. The quantitative estimate of drug-likeness (QED) is 0.743. The van der Waals surface area contributed by atoms with Gasteiger partial charge in [-0.05, 0) is 37.1 Å². The molecule has 1 aliphatic heterocycles. The second-order valence-corrected chi connectivity index (χ2v) is 5.32. The Kier molecular flexibility index (Phi) is 5.36. The normalized spacial score (nSPS) is 18.6. The van der Waals surface area contributed by atoms with Gasteiger partial charge in [0, 0.05) is 30.5 Å². The molecule has 6 nitrogen and oxygen atoms in total. The molecule has 3 N–H and O–H groups in total. The monoisotopic (exact) mass is 312 g/mol. The van der Waals surface area contributed by atoms with Crippen LogP contribution in [0.15, 0.2) is 23.9 Å². The summed E-state index contributed by atoms with van der Waals surface area (Å²) in [5, 5.41) is 22.7. The summed E-state index contributed by atoms with van der Waals surface area (Å²) in [7, 11) is 0. The summed E-state index contributed by atoms with van der Waals surface area (Å²) in [6.45, 7) is 4.62. The first-order chi connectivity index (χ1) is 11.1. The van der Waals surface area contributed by atoms with Crippen LogP contribution in [0.25, 0.3) is 5.57 Å². The van der Waals surface area contributed by atoms with Crippen molar-refractivity contribution in [3.63, 3.8) is 0 Å². The third-order valence-electron chi connectivity index (χ3n) is 3.72. The van der Waals surface area contributed by atoms with Crippen molar-refractivity contribution in [1.82, 2.24) is 10.6 Å². The number of nitrogens with one attached hydrogen (secondary N) is 3. The number of nitrogens with zero attached hydrogens (tertiary/aromatic N) is 1. The lowest BCUT2D eigenvalue weighted by molar-refractivity contribution is 0.149. The van der Waals surface area contributed by atoms with E-state index in [1.54, 1.807) is 13.0 Å². The fourth-order valence-electron chi connectivity index (χ4n) is 2.65. The third-order valence-corrected chi connectivity index (χ3v) is 3.72. The third kappa shape index (κ3) is 3.89. The number of aryl methyl sites for hydroxylation is 1. The molecule has 23 heavy (non-hydrogen) atoms. The summed E-state index contributed by atoms with van der Waals surface area (Å²) in [6.07, 6.45) is 1.50. The summed E-state index contributed by atoms with van der Waals surface area (Å²) in [5.41, 5.74) is 4.15. The standard InChI is InChI=1S/C17H20N4O2/c1-3-23-17(22)21-13-7-16(20-10-13)15(9-19)14-5-4-12(8-18)6-11(14)2/h4-6,9,13,19-20H,3,7,10H2,1-2H3,(H,21,22)/b16-15+,19-9?. The van der Waals surface area contributed by atoms with Crippen LogP contribution in [0.2, 0.25) is 0 Å². The number of nitriles is 1. The van der Waals surface area contributed by atoms with Crippen LogP contribution in [0.4, 0.5) is 4.79 Å². The first-order valence-corrected chi connectivity index (χ1v) is 7.51. The number of rotatable bonds is 4. The highest BCUT2D eigenvalue weighted by Crippen LogP contribution is 2.25. The molecule has 0 spiro atoms. The Morgan fingerprint density at radius 3 is 3.00 bits per heavy atom. The van der Waals surface area contributed by atoms with E-state index in [0.29, 0.717) is 25.1 Å². The minimum Gasteiger partial charge on any atom is -0.450 e. The van der Waals surface area contributed by atoms with E-state index in [1.807, 2.05) is 19.1 Å². The van der Waals surface area contributed by atoms with E-state index in [2.05, 4.69) is 16.7 Å². The highest BCUT2D eigenvalue weighted by molar-refractivity contribution is 6.10. The number of amides is 1. The molecule has 0 aliphatic carbocycles. The van der Waals surface area contributed by atoms with Crippen molar-refractivity contribution in [2.75, 3.05) is 13.2 Å². The minimum absolute atomic E-state index is 0.0577. The maximum absolute atomic E-state index is 11.5. The van der Waals surface area contributed by atoms with E-state index in [9.17, 15) is 4.79 Å². The molecule has 1 aromatic carbocycles. The number of ether oxygens (including phenoxy) is 1. The van der Waals surface area contributed by atoms with Crippen molar-refractivity contribution in [3.05, 3.63) is 40.6 Å². The number of alkyl carbamates (subject to hydrolysis) is 1. The Hall–Kier alpha value is -2.81. The summed E-state index contributed by atoms with van der Waals surface area (Å²) in [6, 6.07) is 7.46. The van der Waals surface area contributed by atoms with Gasteiger partial charge in [0.15, 0.2) is 0 Å². The van der Waals surface area contributed by atoms with Gasteiger partial charge in [-0.15, -0.1) is 0 Å². The van der Waals surface area contributed by atoms with E-state index in [-0.39, 0.29) is 6.04 Å². The van der Waals surface area contributed by atoms with Gasteiger partial charge in [0.25, 0.3) is 0 Å². The molecule has 1 fully saturated rings. The molecule has 1 heterocycles. The van der Waals surface area contributed by atoms with Gasteiger partial charge < -0.3 is 20.8 Å². The maximum Gasteiger partial charge on any atom is 0.407 e. The van der Waals surface area contributed by atoms with Gasteiger partial charge in [-0.25, -0.2) is 4.79 Å². The first kappa shape index (κ1) is 16.6. The number of carbonyl (C=O) groups excluding carboxylic acids is 1. The lowest BCUT2D eigenvalue weighted by atomic mass is 9.97. The van der Waals surface area contributed by atoms with Crippen LogP contribution in [-0.4, -0.2) is 31.5 Å². The van der Waals surface area contributed by atoms with E-state index in [0.717, 1.165) is 22.4 Å². The Morgan fingerprint density at radius 1 is 1.61 bits per heavy atom. The molecule has 1 saturated heterocycles. The van der Waals surface area contributed by atoms with E-state index >= 15 is 0 Å². The topological polar surface area (TPSA) is 98.0 Å². The molecule has 2 rings (SSSR count).